The Balaban J connectivity index is 0.000000612. The van der Waals surface area contributed by atoms with Gasteiger partial charge in [0.1, 0.15) is 32.7 Å². The smallest absolute Gasteiger partial charge is 0.445 e. The third kappa shape index (κ3) is 8.24. The summed E-state index contributed by atoms with van der Waals surface area (Å²) in [5.41, 5.74) is 1.17. The number of amides is 2. The summed E-state index contributed by atoms with van der Waals surface area (Å²) < 4.78 is 40.0. The first-order valence-electron chi connectivity index (χ1n) is 12.8. The summed E-state index contributed by atoms with van der Waals surface area (Å²) in [5.74, 6) is 0.0380. The molecule has 3 saturated heterocycles. The van der Waals surface area contributed by atoms with Crippen LogP contribution in [0.15, 0.2) is 30.3 Å². The number of nitrogens with zero attached hydrogens (tertiary/aromatic N) is 3. The van der Waals surface area contributed by atoms with Gasteiger partial charge < -0.3 is 19.6 Å². The quantitative estimate of drug-likeness (QED) is 0.240. The van der Waals surface area contributed by atoms with Crippen LogP contribution in [0, 0.1) is 5.41 Å². The van der Waals surface area contributed by atoms with Gasteiger partial charge in [-0.2, -0.15) is 0 Å². The number of carbonyl (C=O) groups is 2. The summed E-state index contributed by atoms with van der Waals surface area (Å²) in [6, 6.07) is 9.42. The maximum Gasteiger partial charge on any atom is 1.00 e. The molecule has 1 saturated carbocycles. The van der Waals surface area contributed by atoms with E-state index in [2.05, 4.69) is 4.90 Å². The number of piperidine rings is 1. The van der Waals surface area contributed by atoms with Crippen LogP contribution in [0.5, 0.6) is 0 Å². The Kier molecular flexibility index (Phi) is 11.3. The molecule has 4 atom stereocenters. The Morgan fingerprint density at radius 1 is 1.11 bits per heavy atom. The molecule has 1 aromatic rings. The van der Waals surface area contributed by atoms with Crippen molar-refractivity contribution >= 4 is 12.0 Å². The van der Waals surface area contributed by atoms with E-state index in [0.717, 1.165) is 50.9 Å². The van der Waals surface area contributed by atoms with Crippen LogP contribution in [-0.2, 0) is 16.1 Å². The predicted molar refractivity (Wildman–Crippen MR) is 120 cm³/mol. The molecule has 0 aromatic heterocycles. The molecule has 5 rings (SSSR count). The van der Waals surface area contributed by atoms with Gasteiger partial charge in [0.2, 0.25) is 5.91 Å². The fourth-order valence-electron chi connectivity index (χ4n) is 5.91. The van der Waals surface area contributed by atoms with Crippen LogP contribution in [0.1, 0.15) is 51.0 Å². The van der Waals surface area contributed by atoms with E-state index in [0.29, 0.717) is 6.54 Å². The summed E-state index contributed by atoms with van der Waals surface area (Å²) in [6.45, 7) is 5.32. The van der Waals surface area contributed by atoms with Gasteiger partial charge in [-0.25, -0.2) is 4.79 Å². The number of ether oxygens (including phenoxy) is 1. The SMILES string of the molecule is C[C@H]1C(=O)N2C(CCN3CCC4(CC4)[C@H](O)C3)CC[C@H]2CN1C(=O)OCc1ccccc1.[Na+].[O-][I+3]([O-])([O-])[O-]. The minimum absolute atomic E-state index is 0. The zero-order valence-corrected chi connectivity index (χ0v) is 26.2. The molecule has 0 radical (unpaired) electrons. The first-order chi connectivity index (χ1) is 17.5. The molecule has 1 aliphatic carbocycles. The summed E-state index contributed by atoms with van der Waals surface area (Å²) in [5, 5.41) is 10.5. The van der Waals surface area contributed by atoms with Gasteiger partial charge in [0.15, 0.2) is 0 Å². The Morgan fingerprint density at radius 3 is 2.37 bits per heavy atom. The number of piperazine rings is 1. The maximum atomic E-state index is 13.2. The zero-order chi connectivity index (χ0) is 26.8. The summed E-state index contributed by atoms with van der Waals surface area (Å²) >= 11 is -5.94. The number of hydrogen-bond acceptors (Lipinski definition) is 9. The molecule has 2 amide bonds. The molecular weight excluding hydrogens is 620 g/mol. The number of β-amino-alcohol motifs (C(OH)–C–C–N with tert-alkyl or cyclic N) is 1. The molecular formula is C25H35IN3NaO8. The van der Waals surface area contributed by atoms with E-state index in [4.69, 9.17) is 18.5 Å². The largest absolute Gasteiger partial charge is 1.00 e. The average Bonchev–Trinajstić information content (AvgIpc) is 3.51. The van der Waals surface area contributed by atoms with Crippen molar-refractivity contribution in [1.29, 1.82) is 0 Å². The van der Waals surface area contributed by atoms with Crippen LogP contribution in [0.4, 0.5) is 4.79 Å². The van der Waals surface area contributed by atoms with Gasteiger partial charge in [0, 0.05) is 31.7 Å². The fourth-order valence-corrected chi connectivity index (χ4v) is 5.91. The number of halogens is 1. The molecule has 206 valence electrons. The van der Waals surface area contributed by atoms with Gasteiger partial charge in [-0.1, -0.05) is 30.3 Å². The number of rotatable bonds is 5. The molecule has 1 N–H and O–H groups in total. The standard InChI is InChI=1S/C25H35N3O4.IO4.Na/c1-18-23(30)28-20(9-13-26-14-12-25(10-11-25)22(29)16-26)7-8-21(28)15-27(18)24(31)32-17-19-5-3-2-4-6-19;2-1(3,4)5;/h2-6,18,20-22,29H,7-17H2,1H3;;/q;-1;+1/t18-,20?,21-,22+;;/m0../s1. The Bertz CT molecular complexity index is 942. The molecule has 4 fully saturated rings. The summed E-state index contributed by atoms with van der Waals surface area (Å²) in [4.78, 5) is 32.0. The van der Waals surface area contributed by atoms with Crippen molar-refractivity contribution in [2.24, 2.45) is 5.41 Å². The van der Waals surface area contributed by atoms with Gasteiger partial charge in [-0.3, -0.25) is 23.4 Å². The van der Waals surface area contributed by atoms with Gasteiger partial charge in [0.25, 0.3) is 0 Å². The van der Waals surface area contributed by atoms with Gasteiger partial charge in [-0.05, 0) is 63.0 Å². The number of aliphatic hydroxyl groups excluding tert-OH is 1. The molecule has 1 aromatic carbocycles. The van der Waals surface area contributed by atoms with Crippen LogP contribution in [0.25, 0.3) is 0 Å². The second-order valence-electron chi connectivity index (χ2n) is 10.6. The van der Waals surface area contributed by atoms with Crippen LogP contribution in [0.3, 0.4) is 0 Å². The van der Waals surface area contributed by atoms with Crippen LogP contribution < -0.4 is 63.4 Å². The van der Waals surface area contributed by atoms with Crippen molar-refractivity contribution in [3.05, 3.63) is 35.9 Å². The second kappa shape index (κ2) is 13.4. The third-order valence-corrected chi connectivity index (χ3v) is 8.28. The van der Waals surface area contributed by atoms with E-state index >= 15 is 0 Å². The van der Waals surface area contributed by atoms with E-state index in [9.17, 15) is 14.7 Å². The van der Waals surface area contributed by atoms with E-state index in [1.807, 2.05) is 42.2 Å². The Morgan fingerprint density at radius 2 is 1.76 bits per heavy atom. The number of benzene rings is 1. The molecule has 3 aliphatic heterocycles. The number of likely N-dealkylation sites (tertiary alicyclic amines) is 1. The Labute approximate surface area is 251 Å². The molecule has 0 bridgehead atoms. The van der Waals surface area contributed by atoms with E-state index < -0.39 is 32.2 Å². The fraction of sp³-hybridized carbons (Fsp3) is 0.680. The molecule has 3 heterocycles. The minimum Gasteiger partial charge on any atom is -0.445 e. The molecule has 1 unspecified atom stereocenters. The van der Waals surface area contributed by atoms with Crippen molar-refractivity contribution in [1.82, 2.24) is 14.7 Å². The van der Waals surface area contributed by atoms with Gasteiger partial charge in [0.05, 0.1) is 6.10 Å². The number of aliphatic hydroxyl groups is 1. The van der Waals surface area contributed by atoms with Gasteiger partial charge in [-0.15, -0.1) is 0 Å². The van der Waals surface area contributed by atoms with Crippen molar-refractivity contribution in [2.75, 3.05) is 26.2 Å². The number of carbonyl (C=O) groups excluding carboxylic acids is 2. The minimum atomic E-state index is -5.94. The van der Waals surface area contributed by atoms with E-state index in [-0.39, 0.29) is 65.7 Å². The second-order valence-corrected chi connectivity index (χ2v) is 12.8. The first kappa shape index (κ1) is 32.0. The monoisotopic (exact) mass is 655 g/mol. The van der Waals surface area contributed by atoms with Gasteiger partial charge >= 0.3 is 35.7 Å². The van der Waals surface area contributed by atoms with Crippen molar-refractivity contribution in [3.63, 3.8) is 0 Å². The zero-order valence-electron chi connectivity index (χ0n) is 22.0. The maximum absolute atomic E-state index is 13.2. The van der Waals surface area contributed by atoms with Crippen LogP contribution >= 0.6 is 0 Å². The predicted octanol–water partition coefficient (Wildman–Crippen LogP) is -8.12. The summed E-state index contributed by atoms with van der Waals surface area (Å²) in [6.07, 6.45) is 5.70. The number of fused-ring (bicyclic) bond motifs is 1. The van der Waals surface area contributed by atoms with E-state index in [1.165, 1.54) is 12.8 Å². The van der Waals surface area contributed by atoms with Crippen molar-refractivity contribution < 1.29 is 82.8 Å². The number of hydrogen-bond donors (Lipinski definition) is 1. The van der Waals surface area contributed by atoms with Crippen LogP contribution in [-0.4, -0.2) is 82.2 Å². The summed E-state index contributed by atoms with van der Waals surface area (Å²) in [7, 11) is 0. The van der Waals surface area contributed by atoms with Crippen LogP contribution in [0.2, 0.25) is 0 Å². The molecule has 38 heavy (non-hydrogen) atoms. The first-order valence-corrected chi connectivity index (χ1v) is 16.3. The van der Waals surface area contributed by atoms with E-state index in [1.54, 1.807) is 4.90 Å². The third-order valence-electron chi connectivity index (χ3n) is 8.28. The topological polar surface area (TPSA) is 166 Å². The normalized spacial score (nSPS) is 28.2. The average molecular weight is 655 g/mol. The van der Waals surface area contributed by atoms with Crippen molar-refractivity contribution in [2.45, 2.75) is 76.3 Å². The Hall–Kier alpha value is -0.550. The molecule has 11 nitrogen and oxygen atoms in total. The molecule has 13 heteroatoms. The molecule has 1 spiro atoms. The van der Waals surface area contributed by atoms with Crippen molar-refractivity contribution in [3.8, 4) is 0 Å². The molecule has 4 aliphatic rings.